The predicted octanol–water partition coefficient (Wildman–Crippen LogP) is 2.54. The molecule has 0 saturated heterocycles. The molecule has 1 atom stereocenters. The molecule has 94 valence electrons. The van der Waals surface area contributed by atoms with Crippen LogP contribution in [0.1, 0.15) is 17.6 Å². The molecule has 2 aromatic heterocycles. The summed E-state index contributed by atoms with van der Waals surface area (Å²) < 4.78 is 5.76. The fourth-order valence-electron chi connectivity index (χ4n) is 1.49. The van der Waals surface area contributed by atoms with Crippen LogP contribution < -0.4 is 0 Å². The minimum Gasteiger partial charge on any atom is -0.623 e. The zero-order valence-corrected chi connectivity index (χ0v) is 10.5. The van der Waals surface area contributed by atoms with Gasteiger partial charge in [-0.25, -0.2) is 0 Å². The number of hydrogen-bond acceptors (Lipinski definition) is 5. The number of nitrogens with zero attached hydrogens (tertiary/aromatic N) is 2. The Morgan fingerprint density at radius 2 is 2.39 bits per heavy atom. The fraction of sp³-hybridized carbons (Fsp3) is 0.167. The second kappa shape index (κ2) is 5.50. The SMILES string of the molecule is CC(C(=NO)c1cccs1)[N+]([O-])=Cc1ccco1. The van der Waals surface area contributed by atoms with E-state index in [0.29, 0.717) is 16.2 Å². The number of oxime groups is 1. The molecule has 0 fully saturated rings. The van der Waals surface area contributed by atoms with Crippen molar-refractivity contribution in [3.8, 4) is 0 Å². The average molecular weight is 264 g/mol. The summed E-state index contributed by atoms with van der Waals surface area (Å²) in [4.78, 5) is 0.763. The van der Waals surface area contributed by atoms with Crippen molar-refractivity contribution in [2.24, 2.45) is 5.16 Å². The Hall–Kier alpha value is -2.08. The van der Waals surface area contributed by atoms with Gasteiger partial charge in [-0.2, -0.15) is 4.74 Å². The van der Waals surface area contributed by atoms with Gasteiger partial charge >= 0.3 is 0 Å². The van der Waals surface area contributed by atoms with Gasteiger partial charge in [-0.05, 0) is 23.6 Å². The van der Waals surface area contributed by atoms with E-state index in [9.17, 15) is 5.21 Å². The van der Waals surface area contributed by atoms with Crippen molar-refractivity contribution in [1.29, 1.82) is 0 Å². The summed E-state index contributed by atoms with van der Waals surface area (Å²) >= 11 is 1.42. The molecule has 2 heterocycles. The maximum Gasteiger partial charge on any atom is 0.218 e. The molecular weight excluding hydrogens is 252 g/mol. The molecule has 0 aliphatic heterocycles. The molecule has 18 heavy (non-hydrogen) atoms. The van der Waals surface area contributed by atoms with Gasteiger partial charge < -0.3 is 14.8 Å². The number of rotatable bonds is 4. The normalized spacial score (nSPS) is 14.7. The first-order valence-electron chi connectivity index (χ1n) is 5.32. The first-order chi connectivity index (χ1) is 8.72. The number of hydroxylamine groups is 1. The topological polar surface area (TPSA) is 71.8 Å². The van der Waals surface area contributed by atoms with Crippen molar-refractivity contribution < 1.29 is 14.4 Å². The highest BCUT2D eigenvalue weighted by molar-refractivity contribution is 7.12. The molecule has 2 rings (SSSR count). The van der Waals surface area contributed by atoms with Crippen LogP contribution in [0, 0.1) is 5.21 Å². The maximum atomic E-state index is 11.9. The zero-order valence-electron chi connectivity index (χ0n) is 9.69. The molecule has 0 aliphatic rings. The quantitative estimate of drug-likeness (QED) is 0.303. The van der Waals surface area contributed by atoms with Crippen molar-refractivity contribution in [3.05, 3.63) is 51.8 Å². The lowest BCUT2D eigenvalue weighted by Crippen LogP contribution is -2.29. The van der Waals surface area contributed by atoms with Gasteiger partial charge in [-0.3, -0.25) is 0 Å². The summed E-state index contributed by atoms with van der Waals surface area (Å²) in [7, 11) is 0. The molecule has 6 heteroatoms. The van der Waals surface area contributed by atoms with E-state index in [4.69, 9.17) is 9.62 Å². The van der Waals surface area contributed by atoms with Gasteiger partial charge in [0.2, 0.25) is 12.3 Å². The minimum absolute atomic E-state index is 0.336. The molecule has 0 saturated carbocycles. The number of hydrogen-bond donors (Lipinski definition) is 1. The van der Waals surface area contributed by atoms with Crippen molar-refractivity contribution >= 4 is 23.3 Å². The van der Waals surface area contributed by atoms with Gasteiger partial charge in [0.25, 0.3) is 0 Å². The Balaban J connectivity index is 2.23. The Kier molecular flexibility index (Phi) is 3.78. The summed E-state index contributed by atoms with van der Waals surface area (Å²) in [6.45, 7) is 1.67. The standard InChI is InChI=1S/C12H12N2O3S/c1-9(12(13-15)11-5-3-7-18-11)14(16)8-10-4-2-6-17-10/h2-9,15H,1H3. The van der Waals surface area contributed by atoms with Crippen LogP contribution in [0.4, 0.5) is 0 Å². The van der Waals surface area contributed by atoms with E-state index in [-0.39, 0.29) is 0 Å². The summed E-state index contributed by atoms with van der Waals surface area (Å²) in [6.07, 6.45) is 2.81. The molecule has 2 aromatic rings. The molecule has 1 unspecified atom stereocenters. The molecule has 0 amide bonds. The van der Waals surface area contributed by atoms with E-state index >= 15 is 0 Å². The lowest BCUT2D eigenvalue weighted by atomic mass is 10.2. The molecule has 0 bridgehead atoms. The average Bonchev–Trinajstić information content (AvgIpc) is 3.02. The van der Waals surface area contributed by atoms with E-state index in [1.54, 1.807) is 25.1 Å². The predicted molar refractivity (Wildman–Crippen MR) is 69.6 cm³/mol. The molecule has 0 spiro atoms. The van der Waals surface area contributed by atoms with Crippen LogP contribution >= 0.6 is 11.3 Å². The van der Waals surface area contributed by atoms with Crippen molar-refractivity contribution in [2.75, 3.05) is 0 Å². The molecular formula is C12H12N2O3S. The van der Waals surface area contributed by atoms with Crippen LogP contribution in [0.5, 0.6) is 0 Å². The van der Waals surface area contributed by atoms with Gasteiger partial charge in [-0.1, -0.05) is 11.2 Å². The Bertz CT molecular complexity index is 544. The largest absolute Gasteiger partial charge is 0.623 e. The van der Waals surface area contributed by atoms with Crippen molar-refractivity contribution in [2.45, 2.75) is 13.0 Å². The van der Waals surface area contributed by atoms with Gasteiger partial charge in [0.05, 0.1) is 11.1 Å². The molecule has 0 aliphatic carbocycles. The highest BCUT2D eigenvalue weighted by atomic mass is 32.1. The second-order valence-electron chi connectivity index (χ2n) is 3.64. The third-order valence-electron chi connectivity index (χ3n) is 2.46. The van der Waals surface area contributed by atoms with Crippen LogP contribution in [-0.2, 0) is 0 Å². The van der Waals surface area contributed by atoms with E-state index in [1.807, 2.05) is 11.4 Å². The third kappa shape index (κ3) is 2.60. The van der Waals surface area contributed by atoms with Crippen molar-refractivity contribution in [1.82, 2.24) is 0 Å². The van der Waals surface area contributed by atoms with E-state index in [2.05, 4.69) is 5.16 Å². The highest BCUT2D eigenvalue weighted by Crippen LogP contribution is 2.13. The lowest BCUT2D eigenvalue weighted by Gasteiger charge is -2.12. The van der Waals surface area contributed by atoms with Crippen molar-refractivity contribution in [3.63, 3.8) is 0 Å². The Labute approximate surface area is 108 Å². The number of furan rings is 1. The second-order valence-corrected chi connectivity index (χ2v) is 4.59. The van der Waals surface area contributed by atoms with Crippen LogP contribution in [0.3, 0.4) is 0 Å². The van der Waals surface area contributed by atoms with Gasteiger partial charge in [-0.15, -0.1) is 11.3 Å². The smallest absolute Gasteiger partial charge is 0.218 e. The summed E-state index contributed by atoms with van der Waals surface area (Å²) in [6, 6.07) is 6.42. The molecule has 1 N–H and O–H groups in total. The van der Waals surface area contributed by atoms with E-state index in [0.717, 1.165) is 4.88 Å². The fourth-order valence-corrected chi connectivity index (χ4v) is 2.28. The lowest BCUT2D eigenvalue weighted by molar-refractivity contribution is -0.471. The van der Waals surface area contributed by atoms with E-state index in [1.165, 1.54) is 23.8 Å². The Morgan fingerprint density at radius 3 is 2.94 bits per heavy atom. The first kappa shape index (κ1) is 12.4. The van der Waals surface area contributed by atoms with Gasteiger partial charge in [0, 0.05) is 6.92 Å². The van der Waals surface area contributed by atoms with Gasteiger partial charge in [0.1, 0.15) is 0 Å². The van der Waals surface area contributed by atoms with Crippen LogP contribution in [0.25, 0.3) is 0 Å². The molecule has 0 radical (unpaired) electrons. The summed E-state index contributed by atoms with van der Waals surface area (Å²) in [5.74, 6) is 0.459. The molecule has 5 nitrogen and oxygen atoms in total. The monoisotopic (exact) mass is 264 g/mol. The summed E-state index contributed by atoms with van der Waals surface area (Å²) in [5.41, 5.74) is 0.336. The van der Waals surface area contributed by atoms with Gasteiger partial charge in [0.15, 0.2) is 11.5 Å². The van der Waals surface area contributed by atoms with Crippen LogP contribution in [0.2, 0.25) is 0 Å². The Morgan fingerprint density at radius 1 is 1.56 bits per heavy atom. The third-order valence-corrected chi connectivity index (χ3v) is 3.35. The van der Waals surface area contributed by atoms with Crippen LogP contribution in [0.15, 0.2) is 45.5 Å². The van der Waals surface area contributed by atoms with Crippen LogP contribution in [-0.4, -0.2) is 27.9 Å². The van der Waals surface area contributed by atoms with E-state index < -0.39 is 6.04 Å². The minimum atomic E-state index is -0.598. The first-order valence-corrected chi connectivity index (χ1v) is 6.20. The maximum absolute atomic E-state index is 11.9. The molecule has 0 aromatic carbocycles. The highest BCUT2D eigenvalue weighted by Gasteiger charge is 2.21. The zero-order chi connectivity index (χ0) is 13.0. The summed E-state index contributed by atoms with van der Waals surface area (Å²) in [5, 5.41) is 26.0. The number of thiophene rings is 1.